The number of rotatable bonds is 4. The lowest BCUT2D eigenvalue weighted by atomic mass is 10.1. The predicted octanol–water partition coefficient (Wildman–Crippen LogP) is 2.57. The number of benzene rings is 2. The van der Waals surface area contributed by atoms with Gasteiger partial charge in [-0.1, -0.05) is 30.3 Å². The molecule has 30 heavy (non-hydrogen) atoms. The largest absolute Gasteiger partial charge is 0.467 e. The van der Waals surface area contributed by atoms with Crippen LogP contribution in [0.15, 0.2) is 63.2 Å². The van der Waals surface area contributed by atoms with Gasteiger partial charge in [0.15, 0.2) is 0 Å². The molecule has 8 nitrogen and oxygen atoms in total. The fourth-order valence-electron chi connectivity index (χ4n) is 3.73. The van der Waals surface area contributed by atoms with Crippen LogP contribution < -0.4 is 11.2 Å². The zero-order chi connectivity index (χ0) is 21.4. The molecule has 4 rings (SSSR count). The smallest absolute Gasteiger partial charge is 0.349 e. The molecule has 4 aromatic rings. The predicted molar refractivity (Wildman–Crippen MR) is 115 cm³/mol. The molecule has 0 aliphatic rings. The normalized spacial score (nSPS) is 12.6. The fraction of sp³-hybridized carbons (Fsp3) is 0.182. The third-order valence-electron chi connectivity index (χ3n) is 5.22. The van der Waals surface area contributed by atoms with Crippen LogP contribution in [0.1, 0.15) is 24.2 Å². The van der Waals surface area contributed by atoms with Crippen molar-refractivity contribution in [1.29, 1.82) is 0 Å². The number of nitrogens with zero attached hydrogens (tertiary/aromatic N) is 3. The molecule has 2 heterocycles. The summed E-state index contributed by atoms with van der Waals surface area (Å²) in [6.07, 6.45) is 1.48. The highest BCUT2D eigenvalue weighted by Gasteiger charge is 2.22. The first-order chi connectivity index (χ1) is 14.4. The number of para-hydroxylation sites is 2. The van der Waals surface area contributed by atoms with E-state index in [1.807, 2.05) is 35.8 Å². The third kappa shape index (κ3) is 3.02. The van der Waals surface area contributed by atoms with Crippen LogP contribution in [-0.4, -0.2) is 33.5 Å². The van der Waals surface area contributed by atoms with Gasteiger partial charge in [0, 0.05) is 22.2 Å². The van der Waals surface area contributed by atoms with Gasteiger partial charge in [-0.3, -0.25) is 4.79 Å². The second kappa shape index (κ2) is 7.47. The maximum Gasteiger partial charge on any atom is 0.349 e. The van der Waals surface area contributed by atoms with Crippen LogP contribution >= 0.6 is 0 Å². The highest BCUT2D eigenvalue weighted by Crippen LogP contribution is 2.28. The Labute approximate surface area is 171 Å². The van der Waals surface area contributed by atoms with Crippen LogP contribution in [0, 0.1) is 6.92 Å². The van der Waals surface area contributed by atoms with Crippen molar-refractivity contribution < 1.29 is 9.53 Å². The summed E-state index contributed by atoms with van der Waals surface area (Å²) in [6.45, 7) is 3.61. The average Bonchev–Trinajstić information content (AvgIpc) is 3.03. The number of methoxy groups -OCH3 is 1. The van der Waals surface area contributed by atoms with Crippen molar-refractivity contribution in [2.24, 2.45) is 5.10 Å². The summed E-state index contributed by atoms with van der Waals surface area (Å²) in [5, 5.41) is 5.40. The van der Waals surface area contributed by atoms with E-state index in [0.29, 0.717) is 16.5 Å². The van der Waals surface area contributed by atoms with E-state index >= 15 is 0 Å². The minimum atomic E-state index is -0.626. The van der Waals surface area contributed by atoms with Crippen molar-refractivity contribution in [3.8, 4) is 0 Å². The Kier molecular flexibility index (Phi) is 4.83. The summed E-state index contributed by atoms with van der Waals surface area (Å²) < 4.78 is 7.56. The molecule has 0 aliphatic carbocycles. The third-order valence-corrected chi connectivity index (χ3v) is 5.22. The van der Waals surface area contributed by atoms with Gasteiger partial charge < -0.3 is 14.3 Å². The molecule has 0 saturated heterocycles. The van der Waals surface area contributed by atoms with Crippen molar-refractivity contribution >= 4 is 34.0 Å². The Morgan fingerprint density at radius 3 is 2.50 bits per heavy atom. The molecule has 2 aromatic heterocycles. The highest BCUT2D eigenvalue weighted by atomic mass is 16.5. The topological polar surface area (TPSA) is 98.4 Å². The molecule has 0 aliphatic heterocycles. The second-order valence-corrected chi connectivity index (χ2v) is 6.92. The summed E-state index contributed by atoms with van der Waals surface area (Å²) >= 11 is 0. The van der Waals surface area contributed by atoms with Crippen LogP contribution in [0.5, 0.6) is 0 Å². The molecule has 8 heteroatoms. The van der Waals surface area contributed by atoms with Crippen LogP contribution in [0.25, 0.3) is 21.8 Å². The van der Waals surface area contributed by atoms with Gasteiger partial charge in [-0.2, -0.15) is 5.10 Å². The van der Waals surface area contributed by atoms with E-state index in [2.05, 4.69) is 10.1 Å². The number of esters is 1. The van der Waals surface area contributed by atoms with Gasteiger partial charge in [0.05, 0.1) is 24.2 Å². The molecule has 0 radical (unpaired) electrons. The molecule has 0 amide bonds. The quantitative estimate of drug-likeness (QED) is 0.417. The number of fused-ring (bicyclic) bond motifs is 2. The SMILES string of the molecule is COC(=O)C(C)n1c(C)c(C=Nn2c(=O)[nH]c3ccccc3c2=O)c2ccccc21. The summed E-state index contributed by atoms with van der Waals surface area (Å²) in [5.41, 5.74) is 1.63. The van der Waals surface area contributed by atoms with E-state index < -0.39 is 17.3 Å². The molecule has 1 N–H and O–H groups in total. The lowest BCUT2D eigenvalue weighted by Gasteiger charge is -2.15. The van der Waals surface area contributed by atoms with E-state index in [9.17, 15) is 14.4 Å². The van der Waals surface area contributed by atoms with E-state index in [4.69, 9.17) is 4.74 Å². The number of hydrogen-bond acceptors (Lipinski definition) is 5. The fourth-order valence-corrected chi connectivity index (χ4v) is 3.73. The number of aromatic amines is 1. The first-order valence-electron chi connectivity index (χ1n) is 9.39. The van der Waals surface area contributed by atoms with E-state index in [1.165, 1.54) is 13.3 Å². The number of ether oxygens (including phenoxy) is 1. The molecule has 0 bridgehead atoms. The second-order valence-electron chi connectivity index (χ2n) is 6.92. The van der Waals surface area contributed by atoms with Crippen LogP contribution in [-0.2, 0) is 9.53 Å². The Morgan fingerprint density at radius 2 is 1.77 bits per heavy atom. The molecule has 2 aromatic carbocycles. The highest BCUT2D eigenvalue weighted by molar-refractivity contribution is 6.01. The number of aromatic nitrogens is 3. The van der Waals surface area contributed by atoms with Gasteiger partial charge in [-0.05, 0) is 32.0 Å². The molecule has 1 unspecified atom stereocenters. The van der Waals surface area contributed by atoms with Gasteiger partial charge in [-0.25, -0.2) is 9.59 Å². The first-order valence-corrected chi connectivity index (χ1v) is 9.39. The van der Waals surface area contributed by atoms with Gasteiger partial charge in [-0.15, -0.1) is 4.68 Å². The molecular weight excluding hydrogens is 384 g/mol. The standard InChI is InChI=1S/C22H20N4O4/c1-13-17(15-8-5-7-11-19(15)25(13)14(2)21(28)30-3)12-23-26-20(27)16-9-4-6-10-18(16)24-22(26)29/h4-12,14H,1-3H3,(H,24,29). The number of carbonyl (C=O) groups is 1. The summed E-state index contributed by atoms with van der Waals surface area (Å²) in [4.78, 5) is 39.9. The maximum absolute atomic E-state index is 12.7. The van der Waals surface area contributed by atoms with E-state index in [0.717, 1.165) is 21.3 Å². The zero-order valence-electron chi connectivity index (χ0n) is 16.7. The molecule has 0 saturated carbocycles. The Balaban J connectivity index is 1.90. The summed E-state index contributed by atoms with van der Waals surface area (Å²) in [6, 6.07) is 13.8. The van der Waals surface area contributed by atoms with Gasteiger partial charge in [0.25, 0.3) is 5.56 Å². The van der Waals surface area contributed by atoms with Gasteiger partial charge in [0.2, 0.25) is 0 Å². The molecule has 152 valence electrons. The lowest BCUT2D eigenvalue weighted by Crippen LogP contribution is -2.32. The zero-order valence-corrected chi connectivity index (χ0v) is 16.7. The van der Waals surface area contributed by atoms with Crippen LogP contribution in [0.3, 0.4) is 0 Å². The van der Waals surface area contributed by atoms with Crippen molar-refractivity contribution in [2.75, 3.05) is 7.11 Å². The number of carbonyl (C=O) groups excluding carboxylic acids is 1. The van der Waals surface area contributed by atoms with Crippen molar-refractivity contribution in [1.82, 2.24) is 14.2 Å². The van der Waals surface area contributed by atoms with E-state index in [1.54, 1.807) is 31.2 Å². The number of nitrogens with one attached hydrogen (secondary N) is 1. The Morgan fingerprint density at radius 1 is 1.10 bits per heavy atom. The van der Waals surface area contributed by atoms with Crippen LogP contribution in [0.4, 0.5) is 0 Å². The summed E-state index contributed by atoms with van der Waals surface area (Å²) in [7, 11) is 1.35. The lowest BCUT2D eigenvalue weighted by molar-refractivity contribution is -0.143. The minimum absolute atomic E-state index is 0.368. The van der Waals surface area contributed by atoms with E-state index in [-0.39, 0.29) is 5.97 Å². The number of hydrogen-bond donors (Lipinski definition) is 1. The molecular formula is C22H20N4O4. The van der Waals surface area contributed by atoms with Crippen molar-refractivity contribution in [3.05, 3.63) is 80.6 Å². The first kappa shape index (κ1) is 19.4. The summed E-state index contributed by atoms with van der Waals surface area (Å²) in [5.74, 6) is -0.371. The van der Waals surface area contributed by atoms with Gasteiger partial charge >= 0.3 is 11.7 Å². The average molecular weight is 404 g/mol. The number of H-pyrrole nitrogens is 1. The molecule has 0 fully saturated rings. The molecule has 0 spiro atoms. The Bertz CT molecular complexity index is 1420. The monoisotopic (exact) mass is 404 g/mol. The Hall–Kier alpha value is -3.94. The maximum atomic E-state index is 12.7. The minimum Gasteiger partial charge on any atom is -0.467 e. The van der Waals surface area contributed by atoms with Gasteiger partial charge in [0.1, 0.15) is 6.04 Å². The van der Waals surface area contributed by atoms with Crippen molar-refractivity contribution in [2.45, 2.75) is 19.9 Å². The van der Waals surface area contributed by atoms with Crippen molar-refractivity contribution in [3.63, 3.8) is 0 Å². The molecule has 1 atom stereocenters. The van der Waals surface area contributed by atoms with Crippen LogP contribution in [0.2, 0.25) is 0 Å².